The Bertz CT molecular complexity index is 3100. The van der Waals surface area contributed by atoms with Gasteiger partial charge in [0.1, 0.15) is 17.6 Å². The van der Waals surface area contributed by atoms with E-state index in [0.717, 1.165) is 122 Å². The van der Waals surface area contributed by atoms with E-state index in [1.165, 1.54) is 24.3 Å². The van der Waals surface area contributed by atoms with E-state index in [-0.39, 0.29) is 79.9 Å². The molecule has 3 atom stereocenters. The molecule has 7 aliphatic rings. The number of nitrogens with zero attached hydrogens (tertiary/aromatic N) is 9. The zero-order chi connectivity index (χ0) is 51.0. The van der Waals surface area contributed by atoms with Crippen LogP contribution < -0.4 is 19.9 Å². The van der Waals surface area contributed by atoms with Crippen LogP contribution in [0.2, 0.25) is 0 Å². The first-order valence-electron chi connectivity index (χ1n) is 26.6. The molecule has 5 saturated heterocycles. The van der Waals surface area contributed by atoms with Gasteiger partial charge in [-0.25, -0.2) is 18.7 Å². The SMILES string of the molecule is C#Cc1c(F)ccc2cc(O)cc(-c3n[c-]c4c(N5CC6CCC(C5)N6CC(C)C)nc(OCC5(CN6CCN(CC7CCN(c8ccc9c(c8)CN(C8CCC(=O)NC8=O)C9=O)CC7)CC6)CC5)nc4c3F)c12.[Co]. The molecule has 3 amide bonds. The summed E-state index contributed by atoms with van der Waals surface area (Å²) in [4.78, 5) is 65.8. The maximum absolute atomic E-state index is 17.3. The average molecular weight is 1070 g/mol. The first-order chi connectivity index (χ1) is 35.8. The van der Waals surface area contributed by atoms with E-state index in [4.69, 9.17) is 21.1 Å². The van der Waals surface area contributed by atoms with Crippen molar-refractivity contribution < 1.29 is 49.8 Å². The number of imide groups is 1. The minimum Gasteiger partial charge on any atom is -0.508 e. The zero-order valence-electron chi connectivity index (χ0n) is 42.5. The smallest absolute Gasteiger partial charge is 0.299 e. The molecule has 2 bridgehead atoms. The van der Waals surface area contributed by atoms with Crippen molar-refractivity contribution in [2.24, 2.45) is 17.3 Å². The van der Waals surface area contributed by atoms with Crippen molar-refractivity contribution in [1.29, 1.82) is 0 Å². The van der Waals surface area contributed by atoms with Crippen molar-refractivity contribution in [3.05, 3.63) is 77.0 Å². The standard InChI is InChI=1S/C57H63F2N10O5.Co/c1-4-42-46(58)10-5-36-24-41(70)25-44(49(36)42)51-50(59)52-45(26-60-51)53(67-30-39-6-7-40(31-67)68(39)27-34(2)3)63-56(62-52)74-33-57(15-16-57)32-65-21-19-64(20-22-65)28-35-13-17-66(18-14-35)38-8-9-43-37(23-38)29-69(55(43)73)47-11-12-48(71)61-54(47)72;/h1,5,8-10,23-25,34-35,39-40,47,70H,6-7,11-22,27-33H2,2-3H3,(H,61,71,72);/q-1;. The summed E-state index contributed by atoms with van der Waals surface area (Å²) in [5, 5.41) is 14.2. The fraction of sp³-hybridized carbons (Fsp3) is 0.509. The number of anilines is 2. The Hall–Kier alpha value is -5.97. The molecular weight excluding hydrogens is 1000 g/mol. The summed E-state index contributed by atoms with van der Waals surface area (Å²) < 4.78 is 39.0. The van der Waals surface area contributed by atoms with E-state index in [0.29, 0.717) is 65.6 Å². The van der Waals surface area contributed by atoms with E-state index in [9.17, 15) is 19.5 Å². The van der Waals surface area contributed by atoms with Gasteiger partial charge in [0.15, 0.2) is 0 Å². The van der Waals surface area contributed by atoms with Crippen molar-refractivity contribution in [3.8, 4) is 35.4 Å². The molecule has 1 aliphatic carbocycles. The van der Waals surface area contributed by atoms with Crippen LogP contribution in [0.5, 0.6) is 11.8 Å². The number of carbonyl (C=O) groups excluding carboxylic acids is 3. The minimum atomic E-state index is -0.753. The maximum atomic E-state index is 17.3. The number of aromatic hydroxyl groups is 1. The Morgan fingerprint density at radius 2 is 1.65 bits per heavy atom. The molecule has 75 heavy (non-hydrogen) atoms. The normalized spacial score (nSPS) is 23.2. The number of carbonyl (C=O) groups is 3. The van der Waals surface area contributed by atoms with E-state index in [2.05, 4.69) is 66.8 Å². The van der Waals surface area contributed by atoms with Crippen LogP contribution in [0.15, 0.2) is 42.5 Å². The van der Waals surface area contributed by atoms with Crippen molar-refractivity contribution in [3.63, 3.8) is 0 Å². The third-order valence-corrected chi connectivity index (χ3v) is 17.0. The third kappa shape index (κ3) is 9.91. The number of piperazine rings is 2. The molecule has 1 radical (unpaired) electrons. The minimum absolute atomic E-state index is 0. The van der Waals surface area contributed by atoms with Crippen LogP contribution in [0.1, 0.15) is 86.7 Å². The second-order valence-corrected chi connectivity index (χ2v) is 22.5. The van der Waals surface area contributed by atoms with Crippen LogP contribution in [0.3, 0.4) is 0 Å². The molecule has 15 nitrogen and oxygen atoms in total. The molecule has 1 saturated carbocycles. The fourth-order valence-corrected chi connectivity index (χ4v) is 12.9. The average Bonchev–Trinajstić information content (AvgIpc) is 4.03. The summed E-state index contributed by atoms with van der Waals surface area (Å²) in [6, 6.07) is 11.7. The first kappa shape index (κ1) is 51.1. The Morgan fingerprint density at radius 3 is 2.36 bits per heavy atom. The molecule has 3 aromatic carbocycles. The van der Waals surface area contributed by atoms with Crippen LogP contribution in [0.25, 0.3) is 32.9 Å². The number of hydrogen-bond donors (Lipinski definition) is 2. The van der Waals surface area contributed by atoms with Gasteiger partial charge >= 0.3 is 0 Å². The number of pyridine rings is 1. The molecular formula is C57H63CoF2N10O5-. The molecule has 18 heteroatoms. The van der Waals surface area contributed by atoms with Crippen LogP contribution >= 0.6 is 0 Å². The molecule has 6 fully saturated rings. The first-order valence-corrected chi connectivity index (χ1v) is 26.6. The van der Waals surface area contributed by atoms with Gasteiger partial charge in [0, 0.05) is 147 Å². The van der Waals surface area contributed by atoms with E-state index in [1.54, 1.807) is 4.90 Å². The Balaban J connectivity index is 0.00000602. The van der Waals surface area contributed by atoms with Crippen molar-refractivity contribution in [2.45, 2.75) is 89.9 Å². The number of fused-ring (bicyclic) bond motifs is 5. The number of nitrogens with one attached hydrogen (secondary N) is 1. The van der Waals surface area contributed by atoms with Gasteiger partial charge in [-0.2, -0.15) is 0 Å². The number of piperidine rings is 2. The van der Waals surface area contributed by atoms with Gasteiger partial charge in [-0.15, -0.1) is 6.42 Å². The number of hydrogen-bond acceptors (Lipinski definition) is 13. The van der Waals surface area contributed by atoms with Crippen molar-refractivity contribution in [1.82, 2.24) is 39.9 Å². The molecule has 12 rings (SSSR count). The van der Waals surface area contributed by atoms with Gasteiger partial charge in [-0.1, -0.05) is 31.2 Å². The second kappa shape index (κ2) is 20.5. The number of benzene rings is 3. The van der Waals surface area contributed by atoms with Crippen LogP contribution in [-0.2, 0) is 32.9 Å². The van der Waals surface area contributed by atoms with E-state index in [1.807, 2.05) is 12.1 Å². The summed E-state index contributed by atoms with van der Waals surface area (Å²) in [7, 11) is 0. The number of halogens is 2. The maximum Gasteiger partial charge on any atom is 0.299 e. The van der Waals surface area contributed by atoms with Gasteiger partial charge in [-0.3, -0.25) is 24.6 Å². The number of phenolic OH excluding ortho intramolecular Hbond substituents is 1. The van der Waals surface area contributed by atoms with Crippen molar-refractivity contribution in [2.75, 3.05) is 88.4 Å². The Kier molecular flexibility index (Phi) is 14.0. The summed E-state index contributed by atoms with van der Waals surface area (Å²) in [5.41, 5.74) is 2.55. The summed E-state index contributed by atoms with van der Waals surface area (Å²) >= 11 is 0. The number of terminal acetylenes is 1. The number of rotatable bonds is 13. The van der Waals surface area contributed by atoms with Gasteiger partial charge in [0.05, 0.1) is 23.8 Å². The number of ether oxygens (including phenoxy) is 1. The van der Waals surface area contributed by atoms with Crippen LogP contribution in [0, 0.1) is 47.4 Å². The monoisotopic (exact) mass is 1060 g/mol. The molecule has 2 aromatic heterocycles. The molecule has 5 aromatic rings. The summed E-state index contributed by atoms with van der Waals surface area (Å²) in [6.45, 7) is 15.5. The third-order valence-electron chi connectivity index (χ3n) is 17.0. The van der Waals surface area contributed by atoms with Crippen LogP contribution in [-0.4, -0.2) is 154 Å². The van der Waals surface area contributed by atoms with Gasteiger partial charge in [0.25, 0.3) is 11.9 Å². The van der Waals surface area contributed by atoms with Gasteiger partial charge < -0.3 is 39.3 Å². The molecule has 8 heterocycles. The molecule has 2 N–H and O–H groups in total. The van der Waals surface area contributed by atoms with Gasteiger partial charge in [-0.05, 0) is 116 Å². The quantitative estimate of drug-likeness (QED) is 0.0765. The topological polar surface area (TPSA) is 151 Å². The molecule has 3 unspecified atom stereocenters. The predicted molar refractivity (Wildman–Crippen MR) is 277 cm³/mol. The van der Waals surface area contributed by atoms with E-state index >= 15 is 8.78 Å². The molecule has 6 aliphatic heterocycles. The number of aromatic nitrogens is 3. The zero-order valence-corrected chi connectivity index (χ0v) is 43.6. The molecule has 395 valence electrons. The second-order valence-electron chi connectivity index (χ2n) is 22.5. The fourth-order valence-electron chi connectivity index (χ4n) is 12.9. The number of amides is 3. The Labute approximate surface area is 446 Å². The summed E-state index contributed by atoms with van der Waals surface area (Å²) in [5.74, 6) is 1.73. The van der Waals surface area contributed by atoms with Gasteiger partial charge in [0.2, 0.25) is 11.8 Å². The van der Waals surface area contributed by atoms with Crippen LogP contribution in [0.4, 0.5) is 20.3 Å². The largest absolute Gasteiger partial charge is 0.508 e. The van der Waals surface area contributed by atoms with E-state index < -0.39 is 23.6 Å². The Morgan fingerprint density at radius 1 is 0.907 bits per heavy atom. The van der Waals surface area contributed by atoms with Crippen molar-refractivity contribution >= 4 is 50.9 Å². The predicted octanol–water partition coefficient (Wildman–Crippen LogP) is 6.37. The number of phenols is 1. The molecule has 0 spiro atoms. The summed E-state index contributed by atoms with van der Waals surface area (Å²) in [6.07, 6.45) is 15.8.